The molecule has 0 rings (SSSR count). The van der Waals surface area contributed by atoms with Gasteiger partial charge >= 0.3 is 12.1 Å². The first kappa shape index (κ1) is 25.8. The molecule has 0 bridgehead atoms. The van der Waals surface area contributed by atoms with E-state index in [1.807, 2.05) is 13.8 Å². The lowest BCUT2D eigenvalue weighted by Crippen LogP contribution is -2.59. The van der Waals surface area contributed by atoms with E-state index in [4.69, 9.17) is 0 Å². The molecule has 0 aliphatic rings. The van der Waals surface area contributed by atoms with Crippen molar-refractivity contribution < 1.29 is 31.7 Å². The van der Waals surface area contributed by atoms with Gasteiger partial charge in [-0.05, 0) is 40.0 Å². The highest BCUT2D eigenvalue weighted by Crippen LogP contribution is 2.34. The van der Waals surface area contributed by atoms with Gasteiger partial charge in [-0.3, -0.25) is 9.59 Å². The smallest absolute Gasteiger partial charge is 0.407 e. The number of halogens is 3. The number of methoxy groups -OCH3 is 1. The fourth-order valence-corrected chi connectivity index (χ4v) is 3.10. The Morgan fingerprint density at radius 1 is 1.11 bits per heavy atom. The quantitative estimate of drug-likeness (QED) is 0.566. The Bertz CT molecular complexity index is 547. The topological polar surface area (TPSA) is 84.5 Å². The van der Waals surface area contributed by atoms with Crippen molar-refractivity contribution in [1.29, 1.82) is 0 Å². The third kappa shape index (κ3) is 9.05. The maximum Gasteiger partial charge on any atom is 0.407 e. The van der Waals surface area contributed by atoms with Crippen LogP contribution in [-0.2, 0) is 25.3 Å². The third-order valence-corrected chi connectivity index (χ3v) is 5.52. The highest BCUT2D eigenvalue weighted by atomic mass is 32.2. The van der Waals surface area contributed by atoms with Crippen molar-refractivity contribution in [3.05, 3.63) is 0 Å². The summed E-state index contributed by atoms with van der Waals surface area (Å²) in [5.74, 6) is -1.34. The zero-order valence-corrected chi connectivity index (χ0v) is 17.8. The number of amides is 1. The molecule has 6 nitrogen and oxygen atoms in total. The van der Waals surface area contributed by atoms with Gasteiger partial charge in [0.25, 0.3) is 0 Å². The molecule has 2 N–H and O–H groups in total. The molecular formula is C17H31F3N2O4S. The molecule has 1 amide bonds. The monoisotopic (exact) mass is 416 g/mol. The third-order valence-electron chi connectivity index (χ3n) is 3.78. The van der Waals surface area contributed by atoms with Gasteiger partial charge in [0.15, 0.2) is 0 Å². The van der Waals surface area contributed by atoms with E-state index in [9.17, 15) is 27.0 Å². The lowest BCUT2D eigenvalue weighted by atomic mass is 9.96. The largest absolute Gasteiger partial charge is 0.469 e. The fraction of sp³-hybridized carbons (Fsp3) is 0.882. The molecule has 10 heteroatoms. The number of nitrogens with one attached hydrogen (secondary N) is 2. The summed E-state index contributed by atoms with van der Waals surface area (Å²) < 4.78 is 58.6. The number of ether oxygens (including phenoxy) is 1. The molecule has 27 heavy (non-hydrogen) atoms. The summed E-state index contributed by atoms with van der Waals surface area (Å²) in [5, 5.41) is 2.47. The first-order valence-corrected chi connectivity index (χ1v) is 9.79. The predicted octanol–water partition coefficient (Wildman–Crippen LogP) is 2.84. The van der Waals surface area contributed by atoms with Crippen LogP contribution in [0.4, 0.5) is 13.2 Å². The van der Waals surface area contributed by atoms with E-state index >= 15 is 0 Å². The van der Waals surface area contributed by atoms with Crippen LogP contribution >= 0.6 is 0 Å². The summed E-state index contributed by atoms with van der Waals surface area (Å²) in [6.07, 6.45) is -5.50. The maximum atomic E-state index is 13.6. The standard InChI is InChI=1S/C17H31F3N2O4S/c1-11(2)8-12(9-14(24)26-7)21-13(23)10-16(6,17(18,19)20)22-27(25)15(3,4)5/h11-12,22H,8-10H2,1-7H3,(H,21,23)/t12-,16-,27+/m0/s1. The Balaban J connectivity index is 5.32. The van der Waals surface area contributed by atoms with Gasteiger partial charge in [-0.2, -0.15) is 13.2 Å². The van der Waals surface area contributed by atoms with Gasteiger partial charge in [0, 0.05) is 6.04 Å². The van der Waals surface area contributed by atoms with E-state index in [1.54, 1.807) is 0 Å². The van der Waals surface area contributed by atoms with E-state index in [-0.39, 0.29) is 12.3 Å². The fourth-order valence-electron chi connectivity index (χ4n) is 2.20. The van der Waals surface area contributed by atoms with Crippen LogP contribution in [0.15, 0.2) is 0 Å². The summed E-state index contributed by atoms with van der Waals surface area (Å²) in [4.78, 5) is 23.8. The summed E-state index contributed by atoms with van der Waals surface area (Å²) in [7, 11) is -0.829. The van der Waals surface area contributed by atoms with Crippen LogP contribution in [0.25, 0.3) is 0 Å². The molecule has 160 valence electrons. The van der Waals surface area contributed by atoms with Crippen LogP contribution in [0.2, 0.25) is 0 Å². The van der Waals surface area contributed by atoms with Gasteiger partial charge in [-0.25, -0.2) is 8.93 Å². The minimum atomic E-state index is -4.80. The van der Waals surface area contributed by atoms with Gasteiger partial charge in [0.05, 0.1) is 35.7 Å². The predicted molar refractivity (Wildman–Crippen MR) is 98.1 cm³/mol. The van der Waals surface area contributed by atoms with Gasteiger partial charge < -0.3 is 10.1 Å². The molecule has 0 aliphatic heterocycles. The number of alkyl halides is 3. The first-order valence-electron chi connectivity index (χ1n) is 8.64. The Morgan fingerprint density at radius 2 is 1.63 bits per heavy atom. The van der Waals surface area contributed by atoms with Gasteiger partial charge in [0.1, 0.15) is 5.54 Å². The molecule has 0 aromatic rings. The first-order chi connectivity index (χ1) is 12.0. The van der Waals surface area contributed by atoms with Crippen LogP contribution in [0.3, 0.4) is 0 Å². The lowest BCUT2D eigenvalue weighted by Gasteiger charge is -2.35. The molecule has 0 fully saturated rings. The summed E-state index contributed by atoms with van der Waals surface area (Å²) in [5.41, 5.74) is -2.68. The van der Waals surface area contributed by atoms with E-state index < -0.39 is 51.8 Å². The zero-order valence-electron chi connectivity index (χ0n) is 17.0. The zero-order chi connectivity index (χ0) is 21.6. The van der Waals surface area contributed by atoms with Crippen molar-refractivity contribution in [3.63, 3.8) is 0 Å². The van der Waals surface area contributed by atoms with Crippen molar-refractivity contribution in [2.24, 2.45) is 5.92 Å². The number of carbonyl (C=O) groups is 2. The van der Waals surface area contributed by atoms with Crippen molar-refractivity contribution in [2.75, 3.05) is 7.11 Å². The van der Waals surface area contributed by atoms with E-state index in [2.05, 4.69) is 14.8 Å². The lowest BCUT2D eigenvalue weighted by molar-refractivity contribution is -0.189. The summed E-state index contributed by atoms with van der Waals surface area (Å²) in [6, 6.07) is -0.643. The van der Waals surface area contributed by atoms with Crippen LogP contribution in [0, 0.1) is 5.92 Å². The second kappa shape index (κ2) is 9.86. The molecule has 0 aromatic carbocycles. The number of hydrogen-bond donors (Lipinski definition) is 2. The molecule has 0 unspecified atom stereocenters. The second-order valence-electron chi connectivity index (χ2n) is 8.16. The number of carbonyl (C=O) groups excluding carboxylic acids is 2. The highest BCUT2D eigenvalue weighted by Gasteiger charge is 2.54. The average Bonchev–Trinajstić information content (AvgIpc) is 2.43. The minimum Gasteiger partial charge on any atom is -0.469 e. The van der Waals surface area contributed by atoms with Crippen LogP contribution in [0.5, 0.6) is 0 Å². The molecular weight excluding hydrogens is 385 g/mol. The molecule has 0 saturated carbocycles. The Morgan fingerprint density at radius 3 is 2.00 bits per heavy atom. The maximum absolute atomic E-state index is 13.6. The van der Waals surface area contributed by atoms with Crippen molar-refractivity contribution in [1.82, 2.24) is 10.0 Å². The minimum absolute atomic E-state index is 0.112. The van der Waals surface area contributed by atoms with E-state index in [0.717, 1.165) is 6.92 Å². The van der Waals surface area contributed by atoms with Crippen molar-refractivity contribution in [2.45, 2.75) is 83.3 Å². The molecule has 0 radical (unpaired) electrons. The summed E-state index contributed by atoms with van der Waals surface area (Å²) >= 11 is 0. The summed E-state index contributed by atoms with van der Waals surface area (Å²) in [6.45, 7) is 9.12. The van der Waals surface area contributed by atoms with Crippen LogP contribution in [-0.4, -0.2) is 45.7 Å². The van der Waals surface area contributed by atoms with Gasteiger partial charge in [-0.15, -0.1) is 0 Å². The van der Waals surface area contributed by atoms with Crippen molar-refractivity contribution >= 4 is 22.9 Å². The van der Waals surface area contributed by atoms with E-state index in [0.29, 0.717) is 6.42 Å². The van der Waals surface area contributed by atoms with Crippen molar-refractivity contribution in [3.8, 4) is 0 Å². The molecule has 0 heterocycles. The normalized spacial score (nSPS) is 17.1. The second-order valence-corrected chi connectivity index (χ2v) is 10.1. The molecule has 0 aromatic heterocycles. The number of rotatable bonds is 9. The van der Waals surface area contributed by atoms with Gasteiger partial charge in [-0.1, -0.05) is 13.8 Å². The Hall–Kier alpha value is -1.16. The molecule has 3 atom stereocenters. The number of esters is 1. The Kier molecular flexibility index (Phi) is 9.44. The Labute approximate surface area is 161 Å². The van der Waals surface area contributed by atoms with Crippen LogP contribution < -0.4 is 10.0 Å². The molecule has 0 spiro atoms. The number of hydrogen-bond acceptors (Lipinski definition) is 4. The SMILES string of the molecule is COC(=O)C[C@H](CC(C)C)NC(=O)C[C@](C)(N[S@](=O)C(C)(C)C)C(F)(F)F. The van der Waals surface area contributed by atoms with Gasteiger partial charge in [0.2, 0.25) is 5.91 Å². The molecule has 0 saturated heterocycles. The highest BCUT2D eigenvalue weighted by molar-refractivity contribution is 7.84. The van der Waals surface area contributed by atoms with Crippen LogP contribution in [0.1, 0.15) is 60.8 Å². The molecule has 0 aliphatic carbocycles. The average molecular weight is 417 g/mol. The van der Waals surface area contributed by atoms with E-state index in [1.165, 1.54) is 27.9 Å².